The zero-order valence-corrected chi connectivity index (χ0v) is 16.4. The van der Waals surface area contributed by atoms with Crippen LogP contribution in [0.5, 0.6) is 0 Å². The number of ketones is 1. The van der Waals surface area contributed by atoms with E-state index < -0.39 is 5.92 Å². The predicted octanol–water partition coefficient (Wildman–Crippen LogP) is 4.77. The summed E-state index contributed by atoms with van der Waals surface area (Å²) in [7, 11) is 0. The molecule has 146 valence electrons. The first-order valence-corrected chi connectivity index (χ1v) is 9.59. The van der Waals surface area contributed by atoms with Crippen LogP contribution in [0.4, 0.5) is 10.1 Å². The number of para-hydroxylation sites is 1. The van der Waals surface area contributed by atoms with Crippen molar-refractivity contribution in [3.63, 3.8) is 0 Å². The molecule has 0 fully saturated rings. The van der Waals surface area contributed by atoms with Crippen molar-refractivity contribution in [3.05, 3.63) is 88.6 Å². The normalized spacial score (nSPS) is 21.1. The highest BCUT2D eigenvalue weighted by atomic mass is 19.1. The summed E-state index contributed by atoms with van der Waals surface area (Å²) >= 11 is 0. The zero-order chi connectivity index (χ0) is 20.8. The molecule has 4 nitrogen and oxygen atoms in total. The number of halogens is 1. The first-order valence-electron chi connectivity index (χ1n) is 9.59. The highest BCUT2D eigenvalue weighted by Gasteiger charge is 2.44. The lowest BCUT2D eigenvalue weighted by Crippen LogP contribution is -2.42. The van der Waals surface area contributed by atoms with E-state index in [1.54, 1.807) is 12.1 Å². The second kappa shape index (κ2) is 6.89. The third-order valence-electron chi connectivity index (χ3n) is 5.60. The van der Waals surface area contributed by atoms with Crippen LogP contribution >= 0.6 is 0 Å². The highest BCUT2D eigenvalue weighted by Crippen LogP contribution is 2.50. The number of nitriles is 1. The first-order chi connectivity index (χ1) is 13.8. The molecule has 2 aromatic rings. The molecular formula is C24H22FN3O. The van der Waals surface area contributed by atoms with Crippen molar-refractivity contribution in [1.29, 1.82) is 5.26 Å². The summed E-state index contributed by atoms with van der Waals surface area (Å²) in [5, 5.41) is 9.97. The second-order valence-corrected chi connectivity index (χ2v) is 8.37. The van der Waals surface area contributed by atoms with E-state index in [1.807, 2.05) is 35.2 Å². The zero-order valence-electron chi connectivity index (χ0n) is 16.4. The Bertz CT molecular complexity index is 1080. The van der Waals surface area contributed by atoms with Crippen molar-refractivity contribution in [3.8, 4) is 6.07 Å². The van der Waals surface area contributed by atoms with Gasteiger partial charge in [0.25, 0.3) is 0 Å². The molecule has 4 rings (SSSR count). The van der Waals surface area contributed by atoms with Gasteiger partial charge in [-0.2, -0.15) is 5.26 Å². The van der Waals surface area contributed by atoms with Gasteiger partial charge in [-0.3, -0.25) is 9.69 Å². The van der Waals surface area contributed by atoms with Crippen LogP contribution in [-0.4, -0.2) is 5.78 Å². The molecular weight excluding hydrogens is 365 g/mol. The Morgan fingerprint density at radius 1 is 1.10 bits per heavy atom. The number of allylic oxidation sites excluding steroid dienone is 3. The van der Waals surface area contributed by atoms with E-state index in [0.29, 0.717) is 35.4 Å². The van der Waals surface area contributed by atoms with Crippen LogP contribution in [0.25, 0.3) is 0 Å². The summed E-state index contributed by atoms with van der Waals surface area (Å²) in [6.07, 6.45) is 1.05. The molecule has 1 unspecified atom stereocenters. The maximum atomic E-state index is 13.5. The number of hydrogen-bond donors (Lipinski definition) is 1. The average molecular weight is 387 g/mol. The van der Waals surface area contributed by atoms with Gasteiger partial charge in [0.2, 0.25) is 0 Å². The largest absolute Gasteiger partial charge is 0.384 e. The number of nitrogens with zero attached hydrogens (tertiary/aromatic N) is 2. The third kappa shape index (κ3) is 3.21. The summed E-state index contributed by atoms with van der Waals surface area (Å²) in [5.74, 6) is -0.626. The molecule has 2 aliphatic rings. The highest BCUT2D eigenvalue weighted by molar-refractivity contribution is 6.01. The average Bonchev–Trinajstić information content (AvgIpc) is 2.67. The minimum Gasteiger partial charge on any atom is -0.384 e. The van der Waals surface area contributed by atoms with Gasteiger partial charge in [0.05, 0.1) is 17.6 Å². The lowest BCUT2D eigenvalue weighted by atomic mass is 9.68. The molecule has 0 saturated carbocycles. The summed E-state index contributed by atoms with van der Waals surface area (Å²) in [5.41, 5.74) is 9.54. The van der Waals surface area contributed by atoms with Crippen LogP contribution in [-0.2, 0) is 4.79 Å². The molecule has 2 N–H and O–H groups in total. The second-order valence-electron chi connectivity index (χ2n) is 8.37. The molecule has 0 amide bonds. The molecule has 29 heavy (non-hydrogen) atoms. The van der Waals surface area contributed by atoms with E-state index in [0.717, 1.165) is 11.4 Å². The minimum absolute atomic E-state index is 0.00626. The van der Waals surface area contributed by atoms with Gasteiger partial charge in [0.15, 0.2) is 5.78 Å². The number of carbonyl (C=O) groups is 1. The van der Waals surface area contributed by atoms with Crippen molar-refractivity contribution < 1.29 is 9.18 Å². The van der Waals surface area contributed by atoms with Crippen LogP contribution in [0, 0.1) is 22.6 Å². The predicted molar refractivity (Wildman–Crippen MR) is 110 cm³/mol. The van der Waals surface area contributed by atoms with E-state index >= 15 is 0 Å². The molecule has 1 aliphatic heterocycles. The number of carbonyl (C=O) groups excluding carboxylic acids is 1. The molecule has 1 aliphatic carbocycles. The van der Waals surface area contributed by atoms with E-state index in [1.165, 1.54) is 12.1 Å². The van der Waals surface area contributed by atoms with Crippen LogP contribution in [0.2, 0.25) is 0 Å². The molecule has 2 aromatic carbocycles. The maximum Gasteiger partial charge on any atom is 0.162 e. The number of nitrogens with two attached hydrogens (primary N) is 1. The number of Topliss-reactive ketones (excluding diaryl/α,β-unsaturated/α-hetero) is 1. The Kier molecular flexibility index (Phi) is 4.50. The topological polar surface area (TPSA) is 70.1 Å². The Labute approximate surface area is 169 Å². The molecule has 0 radical (unpaired) electrons. The third-order valence-corrected chi connectivity index (χ3v) is 5.60. The van der Waals surface area contributed by atoms with Crippen molar-refractivity contribution >= 4 is 11.5 Å². The van der Waals surface area contributed by atoms with Gasteiger partial charge in [-0.05, 0) is 41.7 Å². The molecule has 0 bridgehead atoms. The molecule has 0 saturated heterocycles. The molecule has 1 heterocycles. The molecule has 0 spiro atoms. The Balaban J connectivity index is 1.99. The van der Waals surface area contributed by atoms with Crippen LogP contribution in [0.1, 0.15) is 38.2 Å². The van der Waals surface area contributed by atoms with Crippen molar-refractivity contribution in [2.45, 2.75) is 32.6 Å². The van der Waals surface area contributed by atoms with Crippen LogP contribution in [0.15, 0.2) is 77.3 Å². The van der Waals surface area contributed by atoms with Gasteiger partial charge in [-0.1, -0.05) is 44.2 Å². The van der Waals surface area contributed by atoms with Crippen LogP contribution < -0.4 is 10.6 Å². The quantitative estimate of drug-likeness (QED) is 0.806. The SMILES string of the molecule is CC1(C)CC(=O)C2=C(C1)N(c1ccccc1)C(N)=C(C#N)C2c1ccc(F)cc1. The lowest BCUT2D eigenvalue weighted by Gasteiger charge is -2.43. The Hall–Kier alpha value is -3.39. The summed E-state index contributed by atoms with van der Waals surface area (Å²) in [6.45, 7) is 4.12. The van der Waals surface area contributed by atoms with Gasteiger partial charge >= 0.3 is 0 Å². The lowest BCUT2D eigenvalue weighted by molar-refractivity contribution is -0.118. The Morgan fingerprint density at radius 3 is 2.38 bits per heavy atom. The van der Waals surface area contributed by atoms with Gasteiger partial charge in [-0.15, -0.1) is 0 Å². The van der Waals surface area contributed by atoms with E-state index in [-0.39, 0.29) is 17.0 Å². The number of hydrogen-bond acceptors (Lipinski definition) is 4. The van der Waals surface area contributed by atoms with Gasteiger partial charge in [0.1, 0.15) is 11.6 Å². The summed E-state index contributed by atoms with van der Waals surface area (Å²) in [4.78, 5) is 15.1. The molecule has 0 aromatic heterocycles. The summed E-state index contributed by atoms with van der Waals surface area (Å²) < 4.78 is 13.5. The Morgan fingerprint density at radius 2 is 1.76 bits per heavy atom. The summed E-state index contributed by atoms with van der Waals surface area (Å²) in [6, 6.07) is 17.7. The van der Waals surface area contributed by atoms with Crippen molar-refractivity contribution in [2.75, 3.05) is 4.90 Å². The molecule has 5 heteroatoms. The fourth-order valence-electron chi connectivity index (χ4n) is 4.37. The van der Waals surface area contributed by atoms with Crippen LogP contribution in [0.3, 0.4) is 0 Å². The molecule has 1 atom stereocenters. The van der Waals surface area contributed by atoms with Gasteiger partial charge < -0.3 is 5.73 Å². The standard InChI is InChI=1S/C24H22FN3O/c1-24(2)12-19-22(20(29)13-24)21(15-8-10-16(25)11-9-15)18(14-26)23(27)28(19)17-6-4-3-5-7-17/h3-11,21H,12-13,27H2,1-2H3. The fraction of sp³-hybridized carbons (Fsp3) is 0.250. The first kappa shape index (κ1) is 18.9. The van der Waals surface area contributed by atoms with Gasteiger partial charge in [0, 0.05) is 23.4 Å². The minimum atomic E-state index is -0.584. The smallest absolute Gasteiger partial charge is 0.162 e. The number of rotatable bonds is 2. The van der Waals surface area contributed by atoms with E-state index in [2.05, 4.69) is 19.9 Å². The number of anilines is 1. The maximum absolute atomic E-state index is 13.5. The van der Waals surface area contributed by atoms with Crippen molar-refractivity contribution in [2.24, 2.45) is 11.1 Å². The fourth-order valence-corrected chi connectivity index (χ4v) is 4.37. The van der Waals surface area contributed by atoms with E-state index in [4.69, 9.17) is 5.73 Å². The van der Waals surface area contributed by atoms with Crippen molar-refractivity contribution in [1.82, 2.24) is 0 Å². The monoisotopic (exact) mass is 387 g/mol. The number of benzene rings is 2. The van der Waals surface area contributed by atoms with Gasteiger partial charge in [-0.25, -0.2) is 4.39 Å². The van der Waals surface area contributed by atoms with E-state index in [9.17, 15) is 14.4 Å².